The Morgan fingerprint density at radius 1 is 1.62 bits per heavy atom. The number of hydrogen-bond acceptors (Lipinski definition) is 4. The summed E-state index contributed by atoms with van der Waals surface area (Å²) in [4.78, 5) is 14.9. The maximum atomic E-state index is 11.0. The van der Waals surface area contributed by atoms with E-state index in [4.69, 9.17) is 0 Å². The lowest BCUT2D eigenvalue weighted by molar-refractivity contribution is -0.122. The van der Waals surface area contributed by atoms with E-state index in [0.717, 1.165) is 13.0 Å². The fourth-order valence-electron chi connectivity index (χ4n) is 1.38. The van der Waals surface area contributed by atoms with Crippen LogP contribution < -0.4 is 10.6 Å². The van der Waals surface area contributed by atoms with Crippen LogP contribution in [0.2, 0.25) is 0 Å². The van der Waals surface area contributed by atoms with Gasteiger partial charge < -0.3 is 10.6 Å². The number of H-pyrrole nitrogens is 1. The monoisotopic (exact) mass is 181 g/mol. The molecule has 6 nitrogen and oxygen atoms in total. The number of amides is 1. The quantitative estimate of drug-likeness (QED) is 0.574. The van der Waals surface area contributed by atoms with Gasteiger partial charge in [-0.3, -0.25) is 4.79 Å². The summed E-state index contributed by atoms with van der Waals surface area (Å²) in [7, 11) is 0. The van der Waals surface area contributed by atoms with Crippen molar-refractivity contribution in [2.24, 2.45) is 0 Å². The molecule has 0 aliphatic carbocycles. The third-order valence-electron chi connectivity index (χ3n) is 2.00. The van der Waals surface area contributed by atoms with E-state index < -0.39 is 0 Å². The molecule has 3 N–H and O–H groups in total. The van der Waals surface area contributed by atoms with Crippen molar-refractivity contribution < 1.29 is 4.79 Å². The van der Waals surface area contributed by atoms with Gasteiger partial charge in [0.25, 0.3) is 0 Å². The van der Waals surface area contributed by atoms with Crippen LogP contribution in [0, 0.1) is 0 Å². The highest BCUT2D eigenvalue weighted by Crippen LogP contribution is 2.08. The van der Waals surface area contributed by atoms with Crippen LogP contribution in [0.15, 0.2) is 6.33 Å². The van der Waals surface area contributed by atoms with Crippen LogP contribution in [0.3, 0.4) is 0 Å². The third kappa shape index (κ3) is 1.95. The van der Waals surface area contributed by atoms with E-state index in [9.17, 15) is 4.79 Å². The molecule has 2 heterocycles. The molecule has 0 aromatic carbocycles. The summed E-state index contributed by atoms with van der Waals surface area (Å²) in [6.45, 7) is 0.727. The predicted molar refractivity (Wildman–Crippen MR) is 46.0 cm³/mol. The second-order valence-corrected chi connectivity index (χ2v) is 3.02. The molecule has 70 valence electrons. The zero-order valence-electron chi connectivity index (χ0n) is 7.08. The molecule has 1 fully saturated rings. The molecular formula is C7H11N5O. The first-order valence-electron chi connectivity index (χ1n) is 4.23. The minimum absolute atomic E-state index is 0.0864. The Labute approximate surface area is 75.1 Å². The van der Waals surface area contributed by atoms with Gasteiger partial charge in [0.2, 0.25) is 11.9 Å². The van der Waals surface area contributed by atoms with Gasteiger partial charge in [-0.1, -0.05) is 0 Å². The van der Waals surface area contributed by atoms with Crippen LogP contribution in [-0.4, -0.2) is 33.7 Å². The standard InChI is InChI=1S/C7H11N5O/c13-6-3-5(1-2-8-6)11-7-9-4-10-12-7/h4-5H,1-3H2,(H,8,13)(H2,9,10,11,12). The highest BCUT2D eigenvalue weighted by Gasteiger charge is 2.18. The first kappa shape index (κ1) is 8.03. The normalized spacial score (nSPS) is 22.5. The molecule has 1 aliphatic rings. The average molecular weight is 181 g/mol. The zero-order chi connectivity index (χ0) is 9.10. The SMILES string of the molecule is O=C1CC(Nc2ncn[nH]2)CCN1. The number of carbonyl (C=O) groups excluding carboxylic acids is 1. The van der Waals surface area contributed by atoms with Gasteiger partial charge in [0, 0.05) is 19.0 Å². The largest absolute Gasteiger partial charge is 0.356 e. The molecule has 1 aromatic heterocycles. The van der Waals surface area contributed by atoms with Gasteiger partial charge in [0.05, 0.1) is 0 Å². The van der Waals surface area contributed by atoms with E-state index in [1.807, 2.05) is 0 Å². The number of piperidine rings is 1. The Balaban J connectivity index is 1.91. The fraction of sp³-hybridized carbons (Fsp3) is 0.571. The van der Waals surface area contributed by atoms with Gasteiger partial charge >= 0.3 is 0 Å². The number of nitrogens with zero attached hydrogens (tertiary/aromatic N) is 2. The Kier molecular flexibility index (Phi) is 2.11. The summed E-state index contributed by atoms with van der Waals surface area (Å²) >= 11 is 0. The topological polar surface area (TPSA) is 82.7 Å². The van der Waals surface area contributed by atoms with Crippen molar-refractivity contribution in [1.82, 2.24) is 20.5 Å². The van der Waals surface area contributed by atoms with Crippen molar-refractivity contribution in [1.29, 1.82) is 0 Å². The van der Waals surface area contributed by atoms with Crippen molar-refractivity contribution in [2.75, 3.05) is 11.9 Å². The van der Waals surface area contributed by atoms with Crippen molar-refractivity contribution >= 4 is 11.9 Å². The number of aromatic nitrogens is 3. The summed E-state index contributed by atoms with van der Waals surface area (Å²) in [5.41, 5.74) is 0. The van der Waals surface area contributed by atoms with Crippen LogP contribution in [-0.2, 0) is 4.79 Å². The van der Waals surface area contributed by atoms with E-state index >= 15 is 0 Å². The minimum atomic E-state index is 0.0864. The highest BCUT2D eigenvalue weighted by molar-refractivity contribution is 5.77. The first-order valence-corrected chi connectivity index (χ1v) is 4.23. The molecule has 2 rings (SSSR count). The molecule has 0 spiro atoms. The number of rotatable bonds is 2. The maximum Gasteiger partial charge on any atom is 0.222 e. The van der Waals surface area contributed by atoms with Gasteiger partial charge in [0.15, 0.2) is 0 Å². The van der Waals surface area contributed by atoms with Crippen LogP contribution in [0.1, 0.15) is 12.8 Å². The van der Waals surface area contributed by atoms with Gasteiger partial charge in [-0.25, -0.2) is 10.1 Å². The summed E-state index contributed by atoms with van der Waals surface area (Å²) in [6, 6.07) is 0.168. The van der Waals surface area contributed by atoms with E-state index in [1.165, 1.54) is 6.33 Å². The molecule has 0 saturated carbocycles. The predicted octanol–water partition coefficient (Wildman–Crippen LogP) is -0.505. The second kappa shape index (κ2) is 3.42. The van der Waals surface area contributed by atoms with Crippen molar-refractivity contribution in [3.8, 4) is 0 Å². The van der Waals surface area contributed by atoms with E-state index in [-0.39, 0.29) is 11.9 Å². The Morgan fingerprint density at radius 2 is 2.54 bits per heavy atom. The van der Waals surface area contributed by atoms with Gasteiger partial charge in [-0.15, -0.1) is 0 Å². The molecule has 13 heavy (non-hydrogen) atoms. The summed E-state index contributed by atoms with van der Waals surface area (Å²) in [5.74, 6) is 0.711. The van der Waals surface area contributed by atoms with E-state index in [0.29, 0.717) is 12.4 Å². The smallest absolute Gasteiger partial charge is 0.222 e. The van der Waals surface area contributed by atoms with Gasteiger partial charge in [-0.05, 0) is 6.42 Å². The molecule has 1 saturated heterocycles. The maximum absolute atomic E-state index is 11.0. The summed E-state index contributed by atoms with van der Waals surface area (Å²) in [6.07, 6.45) is 2.86. The zero-order valence-corrected chi connectivity index (χ0v) is 7.08. The number of aromatic amines is 1. The Morgan fingerprint density at radius 3 is 3.23 bits per heavy atom. The number of hydrogen-bond donors (Lipinski definition) is 3. The number of anilines is 1. The van der Waals surface area contributed by atoms with Gasteiger partial charge in [0.1, 0.15) is 6.33 Å². The molecule has 1 aromatic rings. The van der Waals surface area contributed by atoms with E-state index in [2.05, 4.69) is 25.8 Å². The molecule has 6 heteroatoms. The molecule has 1 unspecified atom stereocenters. The fourth-order valence-corrected chi connectivity index (χ4v) is 1.38. The Hall–Kier alpha value is -1.59. The van der Waals surface area contributed by atoms with Crippen molar-refractivity contribution in [3.63, 3.8) is 0 Å². The number of nitrogens with one attached hydrogen (secondary N) is 3. The van der Waals surface area contributed by atoms with Crippen LogP contribution in [0.5, 0.6) is 0 Å². The van der Waals surface area contributed by atoms with Gasteiger partial charge in [-0.2, -0.15) is 5.10 Å². The molecular weight excluding hydrogens is 170 g/mol. The van der Waals surface area contributed by atoms with Crippen molar-refractivity contribution in [2.45, 2.75) is 18.9 Å². The first-order chi connectivity index (χ1) is 6.34. The summed E-state index contributed by atoms with van der Waals surface area (Å²) in [5, 5.41) is 12.3. The lowest BCUT2D eigenvalue weighted by atomic mass is 10.1. The lowest BCUT2D eigenvalue weighted by Crippen LogP contribution is -2.39. The molecule has 0 bridgehead atoms. The molecule has 0 radical (unpaired) electrons. The highest BCUT2D eigenvalue weighted by atomic mass is 16.1. The minimum Gasteiger partial charge on any atom is -0.356 e. The Bertz CT molecular complexity index is 283. The van der Waals surface area contributed by atoms with Crippen LogP contribution in [0.25, 0.3) is 0 Å². The van der Waals surface area contributed by atoms with E-state index in [1.54, 1.807) is 0 Å². The van der Waals surface area contributed by atoms with Crippen LogP contribution in [0.4, 0.5) is 5.95 Å². The second-order valence-electron chi connectivity index (χ2n) is 3.02. The third-order valence-corrected chi connectivity index (χ3v) is 2.00. The average Bonchev–Trinajstić information content (AvgIpc) is 2.57. The van der Waals surface area contributed by atoms with Crippen molar-refractivity contribution in [3.05, 3.63) is 6.33 Å². The lowest BCUT2D eigenvalue weighted by Gasteiger charge is -2.22. The molecule has 1 amide bonds. The summed E-state index contributed by atoms with van der Waals surface area (Å²) < 4.78 is 0. The molecule has 1 atom stereocenters. The number of carbonyl (C=O) groups is 1. The van der Waals surface area contributed by atoms with Crippen LogP contribution >= 0.6 is 0 Å². The molecule has 1 aliphatic heterocycles.